The topological polar surface area (TPSA) is 50.7 Å². The van der Waals surface area contributed by atoms with Gasteiger partial charge in [0.25, 0.3) is 0 Å². The van der Waals surface area contributed by atoms with Crippen molar-refractivity contribution in [3.63, 3.8) is 0 Å². The molecule has 17 heavy (non-hydrogen) atoms. The Morgan fingerprint density at radius 2 is 2.35 bits per heavy atom. The van der Waals surface area contributed by atoms with Crippen molar-refractivity contribution in [1.82, 2.24) is 14.8 Å². The molecule has 2 rings (SSSR count). The lowest BCUT2D eigenvalue weighted by Crippen LogP contribution is -2.12. The first-order valence-corrected chi connectivity index (χ1v) is 6.54. The number of halogens is 2. The standard InChI is InChI=1S/C10H9BrFN3OS/c1-15-9(16)13-14-10(15)17-5-6-2-3-7(12)4-8(6)11/h2-4H,5H2,1H3,(H,13,16). The molecule has 1 aromatic heterocycles. The highest BCUT2D eigenvalue weighted by atomic mass is 79.9. The van der Waals surface area contributed by atoms with Crippen LogP contribution in [0.3, 0.4) is 0 Å². The molecule has 0 aliphatic heterocycles. The quantitative estimate of drug-likeness (QED) is 0.884. The Kier molecular flexibility index (Phi) is 3.68. The van der Waals surface area contributed by atoms with Gasteiger partial charge >= 0.3 is 5.69 Å². The average Bonchev–Trinajstić information content (AvgIpc) is 2.59. The number of benzene rings is 1. The average molecular weight is 318 g/mol. The van der Waals surface area contributed by atoms with Crippen LogP contribution >= 0.6 is 27.7 Å². The molecule has 0 atom stereocenters. The molecule has 0 bridgehead atoms. The molecular weight excluding hydrogens is 309 g/mol. The second-order valence-corrected chi connectivity index (χ2v) is 5.19. The molecule has 1 aromatic carbocycles. The number of nitrogens with one attached hydrogen (secondary N) is 1. The van der Waals surface area contributed by atoms with Crippen LogP contribution in [-0.2, 0) is 12.8 Å². The van der Waals surface area contributed by atoms with E-state index in [1.165, 1.54) is 28.5 Å². The Hall–Kier alpha value is -1.08. The minimum Gasteiger partial charge on any atom is -0.273 e. The molecule has 0 aliphatic rings. The summed E-state index contributed by atoms with van der Waals surface area (Å²) >= 11 is 4.70. The summed E-state index contributed by atoms with van der Waals surface area (Å²) in [5.74, 6) is 0.330. The van der Waals surface area contributed by atoms with Gasteiger partial charge in [0.1, 0.15) is 5.82 Å². The molecule has 0 fully saturated rings. The van der Waals surface area contributed by atoms with Crippen LogP contribution in [0.2, 0.25) is 0 Å². The summed E-state index contributed by atoms with van der Waals surface area (Å²) in [6.07, 6.45) is 0. The number of H-pyrrole nitrogens is 1. The number of thioether (sulfide) groups is 1. The molecule has 1 N–H and O–H groups in total. The molecule has 0 spiro atoms. The molecule has 0 amide bonds. The minimum absolute atomic E-state index is 0.245. The molecule has 0 unspecified atom stereocenters. The van der Waals surface area contributed by atoms with Crippen LogP contribution in [0.15, 0.2) is 32.6 Å². The fourth-order valence-electron chi connectivity index (χ4n) is 1.24. The summed E-state index contributed by atoms with van der Waals surface area (Å²) < 4.78 is 15.0. The van der Waals surface area contributed by atoms with Gasteiger partial charge in [-0.1, -0.05) is 33.8 Å². The predicted molar refractivity (Wildman–Crippen MR) is 67.5 cm³/mol. The summed E-state index contributed by atoms with van der Waals surface area (Å²) in [5.41, 5.74) is 0.706. The Morgan fingerprint density at radius 1 is 1.59 bits per heavy atom. The second kappa shape index (κ2) is 5.05. The summed E-state index contributed by atoms with van der Waals surface area (Å²) in [7, 11) is 1.65. The Labute approximate surface area is 109 Å². The van der Waals surface area contributed by atoms with Crippen molar-refractivity contribution in [3.8, 4) is 0 Å². The lowest BCUT2D eigenvalue weighted by Gasteiger charge is -2.03. The maximum absolute atomic E-state index is 12.9. The van der Waals surface area contributed by atoms with E-state index in [0.717, 1.165) is 5.56 Å². The lowest BCUT2D eigenvalue weighted by atomic mass is 10.2. The SMILES string of the molecule is Cn1c(SCc2ccc(F)cc2Br)n[nH]c1=O. The molecular formula is C10H9BrFN3OS. The highest BCUT2D eigenvalue weighted by molar-refractivity contribution is 9.10. The van der Waals surface area contributed by atoms with Gasteiger partial charge in [0.15, 0.2) is 5.16 Å². The highest BCUT2D eigenvalue weighted by Crippen LogP contribution is 2.25. The van der Waals surface area contributed by atoms with E-state index in [1.807, 2.05) is 0 Å². The third-order valence-electron chi connectivity index (χ3n) is 2.21. The summed E-state index contributed by atoms with van der Waals surface area (Å²) in [4.78, 5) is 11.1. The van der Waals surface area contributed by atoms with Crippen LogP contribution < -0.4 is 5.69 Å². The third kappa shape index (κ3) is 2.78. The van der Waals surface area contributed by atoms with Gasteiger partial charge in [-0.3, -0.25) is 4.57 Å². The molecule has 4 nitrogen and oxygen atoms in total. The van der Waals surface area contributed by atoms with Gasteiger partial charge in [-0.25, -0.2) is 14.3 Å². The van der Waals surface area contributed by atoms with Gasteiger partial charge in [0.2, 0.25) is 0 Å². The van der Waals surface area contributed by atoms with Crippen molar-refractivity contribution >= 4 is 27.7 Å². The molecule has 90 valence electrons. The van der Waals surface area contributed by atoms with Crippen molar-refractivity contribution in [2.45, 2.75) is 10.9 Å². The van der Waals surface area contributed by atoms with Gasteiger partial charge in [-0.2, -0.15) is 0 Å². The van der Waals surface area contributed by atoms with E-state index in [0.29, 0.717) is 15.4 Å². The van der Waals surface area contributed by atoms with E-state index in [2.05, 4.69) is 26.1 Å². The van der Waals surface area contributed by atoms with Crippen LogP contribution in [0.25, 0.3) is 0 Å². The number of rotatable bonds is 3. The van der Waals surface area contributed by atoms with Crippen molar-refractivity contribution in [1.29, 1.82) is 0 Å². The second-order valence-electron chi connectivity index (χ2n) is 3.39. The zero-order valence-electron chi connectivity index (χ0n) is 8.91. The molecule has 0 saturated heterocycles. The highest BCUT2D eigenvalue weighted by Gasteiger charge is 2.07. The van der Waals surface area contributed by atoms with E-state index in [4.69, 9.17) is 0 Å². The molecule has 1 heterocycles. The molecule has 0 saturated carbocycles. The summed E-state index contributed by atoms with van der Waals surface area (Å²) in [6, 6.07) is 4.53. The Balaban J connectivity index is 2.12. The lowest BCUT2D eigenvalue weighted by molar-refractivity contribution is 0.626. The van der Waals surface area contributed by atoms with Crippen LogP contribution in [0.5, 0.6) is 0 Å². The summed E-state index contributed by atoms with van der Waals surface area (Å²) in [5, 5.41) is 6.84. The minimum atomic E-state index is -0.280. The van der Waals surface area contributed by atoms with Gasteiger partial charge in [0, 0.05) is 17.3 Å². The predicted octanol–water partition coefficient (Wildman–Crippen LogP) is 2.30. The van der Waals surface area contributed by atoms with Crippen molar-refractivity contribution in [2.75, 3.05) is 0 Å². The fraction of sp³-hybridized carbons (Fsp3) is 0.200. The van der Waals surface area contributed by atoms with Crippen LogP contribution in [0.1, 0.15) is 5.56 Å². The van der Waals surface area contributed by atoms with Gasteiger partial charge in [-0.05, 0) is 17.7 Å². The fourth-order valence-corrected chi connectivity index (χ4v) is 2.84. The summed E-state index contributed by atoms with van der Waals surface area (Å²) in [6.45, 7) is 0. The Morgan fingerprint density at radius 3 is 2.94 bits per heavy atom. The Bertz CT molecular complexity index is 595. The first kappa shape index (κ1) is 12.4. The number of aromatic nitrogens is 3. The molecule has 2 aromatic rings. The first-order chi connectivity index (χ1) is 8.08. The zero-order valence-corrected chi connectivity index (χ0v) is 11.3. The van der Waals surface area contributed by atoms with Crippen molar-refractivity contribution in [3.05, 3.63) is 44.5 Å². The molecule has 0 aliphatic carbocycles. The van der Waals surface area contributed by atoms with E-state index < -0.39 is 0 Å². The van der Waals surface area contributed by atoms with Gasteiger partial charge < -0.3 is 0 Å². The van der Waals surface area contributed by atoms with Crippen molar-refractivity contribution < 1.29 is 4.39 Å². The van der Waals surface area contributed by atoms with Crippen LogP contribution in [-0.4, -0.2) is 14.8 Å². The monoisotopic (exact) mass is 317 g/mol. The zero-order chi connectivity index (χ0) is 12.4. The number of aromatic amines is 1. The molecule has 0 radical (unpaired) electrons. The smallest absolute Gasteiger partial charge is 0.273 e. The normalized spacial score (nSPS) is 10.8. The van der Waals surface area contributed by atoms with Crippen molar-refractivity contribution in [2.24, 2.45) is 7.05 Å². The number of hydrogen-bond donors (Lipinski definition) is 1. The van der Waals surface area contributed by atoms with E-state index in [-0.39, 0.29) is 11.5 Å². The molecule has 7 heteroatoms. The van der Waals surface area contributed by atoms with E-state index in [9.17, 15) is 9.18 Å². The van der Waals surface area contributed by atoms with Crippen LogP contribution in [0, 0.1) is 5.82 Å². The largest absolute Gasteiger partial charge is 0.343 e. The van der Waals surface area contributed by atoms with E-state index in [1.54, 1.807) is 13.1 Å². The maximum atomic E-state index is 12.9. The van der Waals surface area contributed by atoms with Gasteiger partial charge in [0.05, 0.1) is 0 Å². The third-order valence-corrected chi connectivity index (χ3v) is 4.03. The maximum Gasteiger partial charge on any atom is 0.343 e. The van der Waals surface area contributed by atoms with Crippen LogP contribution in [0.4, 0.5) is 4.39 Å². The first-order valence-electron chi connectivity index (χ1n) is 4.76. The van der Waals surface area contributed by atoms with E-state index >= 15 is 0 Å². The number of nitrogens with zero attached hydrogens (tertiary/aromatic N) is 2. The van der Waals surface area contributed by atoms with Gasteiger partial charge in [-0.15, -0.1) is 5.10 Å². The number of hydrogen-bond acceptors (Lipinski definition) is 3.